The molecule has 0 aliphatic heterocycles. The van der Waals surface area contributed by atoms with Gasteiger partial charge < -0.3 is 10.6 Å². The number of hydrogen-bond acceptors (Lipinski definition) is 4. The molecule has 6 nitrogen and oxygen atoms in total. The summed E-state index contributed by atoms with van der Waals surface area (Å²) in [7, 11) is 1.70. The van der Waals surface area contributed by atoms with Crippen molar-refractivity contribution in [1.29, 1.82) is 0 Å². The molecular weight excluding hydrogens is 511 g/mol. The first kappa shape index (κ1) is 22.8. The maximum atomic E-state index is 13.3. The van der Waals surface area contributed by atoms with Crippen molar-refractivity contribution < 1.29 is 18.0 Å². The number of hydrogen-bond donors (Lipinski definition) is 2. The smallest absolute Gasteiger partial charge is 0.382 e. The van der Waals surface area contributed by atoms with Gasteiger partial charge in [-0.05, 0) is 65.9 Å². The van der Waals surface area contributed by atoms with Gasteiger partial charge in [0.05, 0.1) is 16.2 Å². The van der Waals surface area contributed by atoms with Crippen LogP contribution in [0.2, 0.25) is 5.02 Å². The molecule has 170 valence electrons. The van der Waals surface area contributed by atoms with Gasteiger partial charge >= 0.3 is 6.18 Å². The summed E-state index contributed by atoms with van der Waals surface area (Å²) in [6.07, 6.45) is -0.182. The van der Waals surface area contributed by atoms with Gasteiger partial charge in [-0.15, -0.1) is 0 Å². The number of benzene rings is 1. The van der Waals surface area contributed by atoms with Gasteiger partial charge in [0.1, 0.15) is 11.4 Å². The highest BCUT2D eigenvalue weighted by Crippen LogP contribution is 2.35. The normalized spacial score (nSPS) is 19.2. The lowest BCUT2D eigenvalue weighted by molar-refractivity contribution is -0.140. The minimum absolute atomic E-state index is 0.0169. The van der Waals surface area contributed by atoms with E-state index < -0.39 is 11.9 Å². The van der Waals surface area contributed by atoms with Gasteiger partial charge in [0, 0.05) is 35.2 Å². The van der Waals surface area contributed by atoms with Gasteiger partial charge in [-0.1, -0.05) is 11.6 Å². The highest BCUT2D eigenvalue weighted by molar-refractivity contribution is 9.10. The zero-order chi connectivity index (χ0) is 23.0. The second kappa shape index (κ2) is 8.90. The van der Waals surface area contributed by atoms with Crippen LogP contribution in [0, 0.1) is 0 Å². The number of pyridine rings is 1. The van der Waals surface area contributed by atoms with Crippen molar-refractivity contribution in [3.63, 3.8) is 0 Å². The van der Waals surface area contributed by atoms with E-state index in [1.807, 2.05) is 0 Å². The molecule has 1 aliphatic rings. The molecular formula is C21H20BrClF3N5O. The summed E-state index contributed by atoms with van der Waals surface area (Å²) >= 11 is 9.39. The fourth-order valence-electron chi connectivity index (χ4n) is 3.98. The number of amides is 1. The maximum Gasteiger partial charge on any atom is 0.433 e. The number of rotatable bonds is 4. The zero-order valence-corrected chi connectivity index (χ0v) is 19.4. The van der Waals surface area contributed by atoms with Crippen LogP contribution < -0.4 is 10.6 Å². The topological polar surface area (TPSA) is 71.8 Å². The van der Waals surface area contributed by atoms with Crippen LogP contribution in [0.4, 0.5) is 18.9 Å². The van der Waals surface area contributed by atoms with E-state index in [-0.39, 0.29) is 23.5 Å². The zero-order valence-electron chi connectivity index (χ0n) is 17.0. The van der Waals surface area contributed by atoms with Crippen LogP contribution in [-0.4, -0.2) is 32.8 Å². The molecule has 1 aliphatic carbocycles. The Morgan fingerprint density at radius 3 is 2.50 bits per heavy atom. The van der Waals surface area contributed by atoms with Crippen molar-refractivity contribution in [2.45, 2.75) is 43.9 Å². The first-order valence-corrected chi connectivity index (χ1v) is 11.2. The average molecular weight is 531 g/mol. The Hall–Kier alpha value is -2.33. The highest BCUT2D eigenvalue weighted by Gasteiger charge is 2.34. The Morgan fingerprint density at radius 2 is 1.88 bits per heavy atom. The van der Waals surface area contributed by atoms with Crippen LogP contribution in [-0.2, 0) is 13.2 Å². The van der Waals surface area contributed by atoms with Crippen LogP contribution in [0.1, 0.15) is 41.9 Å². The van der Waals surface area contributed by atoms with Crippen molar-refractivity contribution in [2.75, 3.05) is 5.32 Å². The molecule has 1 saturated carbocycles. The first-order chi connectivity index (χ1) is 15.1. The van der Waals surface area contributed by atoms with E-state index in [1.165, 1.54) is 16.8 Å². The molecule has 1 aromatic carbocycles. The molecule has 0 spiro atoms. The molecule has 0 radical (unpaired) electrons. The van der Waals surface area contributed by atoms with Crippen LogP contribution in [0.25, 0.3) is 10.9 Å². The van der Waals surface area contributed by atoms with Gasteiger partial charge in [0.2, 0.25) is 0 Å². The average Bonchev–Trinajstić information content (AvgIpc) is 3.07. The van der Waals surface area contributed by atoms with Crippen LogP contribution in [0.5, 0.6) is 0 Å². The summed E-state index contributed by atoms with van der Waals surface area (Å²) in [6.45, 7) is 0. The third-order valence-electron chi connectivity index (χ3n) is 5.59. The Morgan fingerprint density at radius 1 is 1.19 bits per heavy atom. The minimum atomic E-state index is -4.55. The summed E-state index contributed by atoms with van der Waals surface area (Å²) in [4.78, 5) is 16.3. The number of halogens is 5. The predicted octanol–water partition coefficient (Wildman–Crippen LogP) is 5.56. The molecule has 4 rings (SSSR count). The summed E-state index contributed by atoms with van der Waals surface area (Å²) in [5, 5.41) is 11.3. The molecule has 2 N–H and O–H groups in total. The van der Waals surface area contributed by atoms with E-state index in [2.05, 4.69) is 36.6 Å². The number of fused-ring (bicyclic) bond motifs is 1. The van der Waals surface area contributed by atoms with Crippen LogP contribution in [0.15, 0.2) is 34.9 Å². The quantitative estimate of drug-likeness (QED) is 0.464. The van der Waals surface area contributed by atoms with Crippen molar-refractivity contribution in [3.8, 4) is 0 Å². The van der Waals surface area contributed by atoms with Gasteiger partial charge in [-0.25, -0.2) is 4.98 Å². The summed E-state index contributed by atoms with van der Waals surface area (Å²) in [6, 6.07) is 5.61. The number of aryl methyl sites for hydroxylation is 1. The number of carbonyl (C=O) groups excluding carboxylic acids is 1. The van der Waals surface area contributed by atoms with Crippen LogP contribution in [0.3, 0.4) is 0 Å². The fraction of sp³-hybridized carbons (Fsp3) is 0.381. The standard InChI is InChI=1S/C21H20BrClF3N5O/c1-31-19(15(22)10-27-31)20(32)29-13-5-3-12(4-6-13)28-17-9-18(21(24,25)26)30-16-7-2-11(23)8-14(16)17/h2,7-10,12-13H,3-6H2,1H3,(H,28,30)(H,29,32)/t12-,13+. The Balaban J connectivity index is 1.46. The summed E-state index contributed by atoms with van der Waals surface area (Å²) < 4.78 is 42.1. The van der Waals surface area contributed by atoms with Gasteiger partial charge in [-0.3, -0.25) is 9.48 Å². The molecule has 0 bridgehead atoms. The van der Waals surface area contributed by atoms with Crippen molar-refractivity contribution in [1.82, 2.24) is 20.1 Å². The Kier molecular flexibility index (Phi) is 6.35. The predicted molar refractivity (Wildman–Crippen MR) is 120 cm³/mol. The number of nitrogens with one attached hydrogen (secondary N) is 2. The lowest BCUT2D eigenvalue weighted by Gasteiger charge is -2.30. The molecule has 2 aromatic heterocycles. The molecule has 11 heteroatoms. The minimum Gasteiger partial charge on any atom is -0.382 e. The van der Waals surface area contributed by atoms with E-state index in [1.54, 1.807) is 19.3 Å². The molecule has 1 amide bonds. The Bertz CT molecular complexity index is 1140. The maximum absolute atomic E-state index is 13.3. The highest BCUT2D eigenvalue weighted by atomic mass is 79.9. The van der Waals surface area contributed by atoms with Crippen molar-refractivity contribution in [3.05, 3.63) is 51.3 Å². The number of nitrogens with zero attached hydrogens (tertiary/aromatic N) is 3. The van der Waals surface area contributed by atoms with E-state index >= 15 is 0 Å². The lowest BCUT2D eigenvalue weighted by atomic mass is 9.90. The third kappa shape index (κ3) is 4.85. The third-order valence-corrected chi connectivity index (χ3v) is 6.41. The molecule has 2 heterocycles. The van der Waals surface area contributed by atoms with Gasteiger partial charge in [-0.2, -0.15) is 18.3 Å². The van der Waals surface area contributed by atoms with E-state index in [0.717, 1.165) is 6.07 Å². The number of aromatic nitrogens is 3. The van der Waals surface area contributed by atoms with Crippen molar-refractivity contribution >= 4 is 50.0 Å². The van der Waals surface area contributed by atoms with E-state index in [9.17, 15) is 18.0 Å². The molecule has 32 heavy (non-hydrogen) atoms. The summed E-state index contributed by atoms with van der Waals surface area (Å²) in [5.74, 6) is -0.210. The van der Waals surface area contributed by atoms with E-state index in [4.69, 9.17) is 11.6 Å². The second-order valence-corrected chi connectivity index (χ2v) is 9.14. The van der Waals surface area contributed by atoms with Gasteiger partial charge in [0.25, 0.3) is 5.91 Å². The largest absolute Gasteiger partial charge is 0.433 e. The molecule has 1 fully saturated rings. The number of carbonyl (C=O) groups is 1. The number of alkyl halides is 3. The molecule has 0 unspecified atom stereocenters. The lowest BCUT2D eigenvalue weighted by Crippen LogP contribution is -2.40. The number of anilines is 1. The van der Waals surface area contributed by atoms with E-state index in [0.29, 0.717) is 51.9 Å². The second-order valence-electron chi connectivity index (χ2n) is 7.85. The SMILES string of the molecule is Cn1ncc(Br)c1C(=O)N[C@H]1CC[C@@H](Nc2cc(C(F)(F)F)nc3ccc(Cl)cc23)CC1. The molecule has 0 atom stereocenters. The molecule has 0 saturated heterocycles. The summed E-state index contributed by atoms with van der Waals surface area (Å²) in [5.41, 5.74) is 0.0909. The van der Waals surface area contributed by atoms with Crippen LogP contribution >= 0.6 is 27.5 Å². The van der Waals surface area contributed by atoms with Crippen molar-refractivity contribution in [2.24, 2.45) is 7.05 Å². The fourth-order valence-corrected chi connectivity index (χ4v) is 4.68. The Labute approximate surface area is 195 Å². The first-order valence-electron chi connectivity index (χ1n) is 10.0. The molecule has 3 aromatic rings. The van der Waals surface area contributed by atoms with Gasteiger partial charge in [0.15, 0.2) is 0 Å². The monoisotopic (exact) mass is 529 g/mol.